The average Bonchev–Trinajstić information content (AvgIpc) is 3.02. The lowest BCUT2D eigenvalue weighted by atomic mass is 10.2. The van der Waals surface area contributed by atoms with Crippen molar-refractivity contribution in [2.45, 2.75) is 12.9 Å². The van der Waals surface area contributed by atoms with Crippen LogP contribution >= 0.6 is 11.6 Å². The van der Waals surface area contributed by atoms with E-state index in [-0.39, 0.29) is 12.3 Å². The monoisotopic (exact) mass is 369 g/mol. The van der Waals surface area contributed by atoms with Crippen molar-refractivity contribution in [1.82, 2.24) is 10.1 Å². The molecule has 0 aliphatic heterocycles. The van der Waals surface area contributed by atoms with E-state index in [4.69, 9.17) is 16.1 Å². The number of halogens is 4. The van der Waals surface area contributed by atoms with Gasteiger partial charge in [0.1, 0.15) is 5.75 Å². The fourth-order valence-corrected chi connectivity index (χ4v) is 2.12. The van der Waals surface area contributed by atoms with Crippen molar-refractivity contribution in [2.24, 2.45) is 0 Å². The molecule has 130 valence electrons. The first-order valence-corrected chi connectivity index (χ1v) is 7.45. The Morgan fingerprint density at radius 1 is 1.04 bits per heavy atom. The number of anilines is 1. The third kappa shape index (κ3) is 4.87. The fraction of sp³-hybridized carbons (Fsp3) is 0.125. The molecule has 0 saturated carbocycles. The van der Waals surface area contributed by atoms with Crippen LogP contribution in [0.4, 0.5) is 18.9 Å². The van der Waals surface area contributed by atoms with E-state index in [1.165, 1.54) is 24.3 Å². The first-order valence-electron chi connectivity index (χ1n) is 7.07. The van der Waals surface area contributed by atoms with Crippen LogP contribution in [0.15, 0.2) is 53.1 Å². The zero-order valence-electron chi connectivity index (χ0n) is 12.5. The zero-order chi connectivity index (χ0) is 17.9. The molecule has 3 rings (SSSR count). The van der Waals surface area contributed by atoms with E-state index in [0.717, 1.165) is 5.56 Å². The quantitative estimate of drug-likeness (QED) is 0.693. The molecule has 0 saturated heterocycles. The maximum absolute atomic E-state index is 12.1. The number of hydrogen-bond acceptors (Lipinski definition) is 5. The highest BCUT2D eigenvalue weighted by molar-refractivity contribution is 6.30. The molecule has 0 radical (unpaired) electrons. The van der Waals surface area contributed by atoms with Crippen LogP contribution in [-0.2, 0) is 6.54 Å². The van der Waals surface area contributed by atoms with Crippen molar-refractivity contribution in [3.8, 4) is 17.1 Å². The molecule has 0 aliphatic rings. The maximum atomic E-state index is 12.1. The van der Waals surface area contributed by atoms with E-state index < -0.39 is 6.36 Å². The Hall–Kier alpha value is -2.74. The second kappa shape index (κ2) is 7.02. The van der Waals surface area contributed by atoms with Gasteiger partial charge >= 0.3 is 6.36 Å². The number of hydrogen-bond donors (Lipinski definition) is 1. The summed E-state index contributed by atoms with van der Waals surface area (Å²) in [5.74, 6) is 0.462. The summed E-state index contributed by atoms with van der Waals surface area (Å²) in [4.78, 5) is 4.23. The van der Waals surface area contributed by atoms with E-state index in [9.17, 15) is 13.2 Å². The Kier molecular flexibility index (Phi) is 4.80. The van der Waals surface area contributed by atoms with Crippen LogP contribution < -0.4 is 10.1 Å². The lowest BCUT2D eigenvalue weighted by molar-refractivity contribution is -0.274. The molecule has 0 amide bonds. The second-order valence-electron chi connectivity index (χ2n) is 4.94. The highest BCUT2D eigenvalue weighted by atomic mass is 35.5. The third-order valence-corrected chi connectivity index (χ3v) is 3.35. The van der Waals surface area contributed by atoms with Crippen molar-refractivity contribution in [3.63, 3.8) is 0 Å². The van der Waals surface area contributed by atoms with Crippen molar-refractivity contribution in [2.75, 3.05) is 5.32 Å². The van der Waals surface area contributed by atoms with Crippen molar-refractivity contribution < 1.29 is 22.4 Å². The summed E-state index contributed by atoms with van der Waals surface area (Å²) >= 11 is 5.82. The zero-order valence-corrected chi connectivity index (χ0v) is 13.3. The van der Waals surface area contributed by atoms with Crippen molar-refractivity contribution in [3.05, 3.63) is 59.4 Å². The van der Waals surface area contributed by atoms with Gasteiger partial charge in [-0.2, -0.15) is 4.98 Å². The molecule has 0 unspecified atom stereocenters. The molecule has 0 aliphatic carbocycles. The number of nitrogens with zero attached hydrogens (tertiary/aromatic N) is 2. The Balaban J connectivity index is 1.59. The summed E-state index contributed by atoms with van der Waals surface area (Å²) < 4.78 is 45.2. The van der Waals surface area contributed by atoms with Crippen LogP contribution in [0.5, 0.6) is 5.75 Å². The number of alkyl halides is 3. The highest BCUT2D eigenvalue weighted by Gasteiger charge is 2.30. The van der Waals surface area contributed by atoms with Gasteiger partial charge in [-0.3, -0.25) is 0 Å². The molecule has 25 heavy (non-hydrogen) atoms. The van der Waals surface area contributed by atoms with E-state index in [2.05, 4.69) is 20.2 Å². The Morgan fingerprint density at radius 2 is 1.72 bits per heavy atom. The number of rotatable bonds is 5. The standard InChI is InChI=1S/C16H11ClF3N3O2/c17-11-3-1-10(2-4-11)15-22-14(25-23-15)9-21-12-5-7-13(8-6-12)24-16(18,19)20/h1-8,21H,9H2. The van der Waals surface area contributed by atoms with Crippen LogP contribution in [0.3, 0.4) is 0 Å². The Bertz CT molecular complexity index is 833. The van der Waals surface area contributed by atoms with Gasteiger partial charge in [0.25, 0.3) is 0 Å². The number of aromatic nitrogens is 2. The summed E-state index contributed by atoms with van der Waals surface area (Å²) in [7, 11) is 0. The van der Waals surface area contributed by atoms with Crippen LogP contribution in [0.25, 0.3) is 11.4 Å². The molecule has 1 N–H and O–H groups in total. The van der Waals surface area contributed by atoms with E-state index in [1.54, 1.807) is 24.3 Å². The van der Waals surface area contributed by atoms with Crippen LogP contribution in [0, 0.1) is 0 Å². The normalized spacial score (nSPS) is 11.4. The van der Waals surface area contributed by atoms with Gasteiger partial charge in [0.2, 0.25) is 11.7 Å². The van der Waals surface area contributed by atoms with E-state index in [0.29, 0.717) is 22.4 Å². The third-order valence-electron chi connectivity index (χ3n) is 3.10. The summed E-state index contributed by atoms with van der Waals surface area (Å²) in [5.41, 5.74) is 1.34. The molecule has 2 aromatic carbocycles. The predicted molar refractivity (Wildman–Crippen MR) is 85.2 cm³/mol. The second-order valence-corrected chi connectivity index (χ2v) is 5.38. The molecule has 0 bridgehead atoms. The van der Waals surface area contributed by atoms with Crippen LogP contribution in [-0.4, -0.2) is 16.5 Å². The van der Waals surface area contributed by atoms with Gasteiger partial charge in [-0.1, -0.05) is 16.8 Å². The Morgan fingerprint density at radius 3 is 2.36 bits per heavy atom. The van der Waals surface area contributed by atoms with Crippen LogP contribution in [0.1, 0.15) is 5.89 Å². The maximum Gasteiger partial charge on any atom is 0.573 e. The molecule has 0 fully saturated rings. The van der Waals surface area contributed by atoms with Gasteiger partial charge in [-0.25, -0.2) is 0 Å². The average molecular weight is 370 g/mol. The molecule has 1 heterocycles. The highest BCUT2D eigenvalue weighted by Crippen LogP contribution is 2.24. The molecular weight excluding hydrogens is 359 g/mol. The number of benzene rings is 2. The van der Waals surface area contributed by atoms with Gasteiger partial charge in [-0.05, 0) is 48.5 Å². The van der Waals surface area contributed by atoms with Gasteiger partial charge < -0.3 is 14.6 Å². The number of ether oxygens (including phenoxy) is 1. The lowest BCUT2D eigenvalue weighted by Crippen LogP contribution is -2.17. The van der Waals surface area contributed by atoms with Crippen molar-refractivity contribution >= 4 is 17.3 Å². The first kappa shape index (κ1) is 17.1. The molecule has 9 heteroatoms. The molecule has 1 aromatic heterocycles. The predicted octanol–water partition coefficient (Wildman–Crippen LogP) is 4.90. The SMILES string of the molecule is FC(F)(F)Oc1ccc(NCc2nc(-c3ccc(Cl)cc3)no2)cc1. The van der Waals surface area contributed by atoms with E-state index >= 15 is 0 Å². The lowest BCUT2D eigenvalue weighted by Gasteiger charge is -2.09. The molecular formula is C16H11ClF3N3O2. The molecule has 3 aromatic rings. The van der Waals surface area contributed by atoms with Gasteiger partial charge in [0, 0.05) is 16.3 Å². The largest absolute Gasteiger partial charge is 0.573 e. The Labute approximate surface area is 145 Å². The minimum atomic E-state index is -4.71. The van der Waals surface area contributed by atoms with Gasteiger partial charge in [0.05, 0.1) is 6.54 Å². The molecule has 5 nitrogen and oxygen atoms in total. The summed E-state index contributed by atoms with van der Waals surface area (Å²) in [6, 6.07) is 12.3. The summed E-state index contributed by atoms with van der Waals surface area (Å²) in [5, 5.41) is 7.44. The molecule has 0 spiro atoms. The van der Waals surface area contributed by atoms with Gasteiger partial charge in [0.15, 0.2) is 0 Å². The fourth-order valence-electron chi connectivity index (χ4n) is 2.00. The number of nitrogens with one attached hydrogen (secondary N) is 1. The van der Waals surface area contributed by atoms with Crippen molar-refractivity contribution in [1.29, 1.82) is 0 Å². The minimum absolute atomic E-state index is 0.222. The minimum Gasteiger partial charge on any atom is -0.406 e. The van der Waals surface area contributed by atoms with E-state index in [1.807, 2.05) is 0 Å². The topological polar surface area (TPSA) is 60.2 Å². The first-order chi connectivity index (χ1) is 11.9. The molecule has 0 atom stereocenters. The van der Waals surface area contributed by atoms with Gasteiger partial charge in [-0.15, -0.1) is 13.2 Å². The summed E-state index contributed by atoms with van der Waals surface area (Å²) in [6.45, 7) is 0.222. The van der Waals surface area contributed by atoms with Crippen LogP contribution in [0.2, 0.25) is 5.02 Å². The summed E-state index contributed by atoms with van der Waals surface area (Å²) in [6.07, 6.45) is -4.71. The smallest absolute Gasteiger partial charge is 0.406 e.